The minimum Gasteiger partial charge on any atom is -0.352 e. The van der Waals surface area contributed by atoms with Crippen molar-refractivity contribution >= 4 is 17.2 Å². The standard InChI is InChI=1S/C17H23N3S/c1-3-6-18-10-14-9-13(2)17(19-11-14)20-7-4-16-15(12-20)5-8-21-16/h5,8-9,11,18H,3-4,6-7,10,12H2,1-2H3. The van der Waals surface area contributed by atoms with E-state index in [4.69, 9.17) is 4.98 Å². The summed E-state index contributed by atoms with van der Waals surface area (Å²) in [5.74, 6) is 1.14. The Morgan fingerprint density at radius 3 is 3.14 bits per heavy atom. The molecule has 0 fully saturated rings. The summed E-state index contributed by atoms with van der Waals surface area (Å²) < 4.78 is 0. The van der Waals surface area contributed by atoms with Crippen molar-refractivity contribution in [2.75, 3.05) is 18.0 Å². The lowest BCUT2D eigenvalue weighted by Gasteiger charge is -2.29. The highest BCUT2D eigenvalue weighted by Gasteiger charge is 2.19. The lowest BCUT2D eigenvalue weighted by Crippen LogP contribution is -2.30. The first-order valence-electron chi connectivity index (χ1n) is 7.74. The van der Waals surface area contributed by atoms with Crippen LogP contribution < -0.4 is 10.2 Å². The second-order valence-corrected chi connectivity index (χ2v) is 6.70. The van der Waals surface area contributed by atoms with E-state index in [0.29, 0.717) is 0 Å². The molecule has 0 saturated carbocycles. The van der Waals surface area contributed by atoms with Gasteiger partial charge in [-0.15, -0.1) is 11.3 Å². The predicted molar refractivity (Wildman–Crippen MR) is 90.0 cm³/mol. The van der Waals surface area contributed by atoms with E-state index in [-0.39, 0.29) is 0 Å². The van der Waals surface area contributed by atoms with Crippen LogP contribution in [0.4, 0.5) is 5.82 Å². The Morgan fingerprint density at radius 1 is 1.43 bits per heavy atom. The van der Waals surface area contributed by atoms with Gasteiger partial charge in [-0.1, -0.05) is 6.92 Å². The Balaban J connectivity index is 1.71. The van der Waals surface area contributed by atoms with Crippen LogP contribution in [0.15, 0.2) is 23.7 Å². The van der Waals surface area contributed by atoms with Gasteiger partial charge in [0.1, 0.15) is 5.82 Å². The van der Waals surface area contributed by atoms with E-state index in [1.54, 1.807) is 4.88 Å². The van der Waals surface area contributed by atoms with Crippen LogP contribution in [0, 0.1) is 6.92 Å². The van der Waals surface area contributed by atoms with Crippen molar-refractivity contribution in [3.8, 4) is 0 Å². The number of rotatable bonds is 5. The summed E-state index contributed by atoms with van der Waals surface area (Å²) in [6.07, 6.45) is 4.34. The highest BCUT2D eigenvalue weighted by atomic mass is 32.1. The molecular weight excluding hydrogens is 278 g/mol. The zero-order chi connectivity index (χ0) is 14.7. The van der Waals surface area contributed by atoms with Crippen molar-refractivity contribution in [1.29, 1.82) is 0 Å². The molecule has 21 heavy (non-hydrogen) atoms. The first-order chi connectivity index (χ1) is 10.3. The molecule has 0 atom stereocenters. The van der Waals surface area contributed by atoms with E-state index in [1.165, 1.54) is 23.1 Å². The molecule has 3 rings (SSSR count). The summed E-state index contributed by atoms with van der Waals surface area (Å²) in [5.41, 5.74) is 4.03. The number of anilines is 1. The first-order valence-corrected chi connectivity index (χ1v) is 8.62. The third kappa shape index (κ3) is 3.27. The van der Waals surface area contributed by atoms with Gasteiger partial charge in [0.2, 0.25) is 0 Å². The van der Waals surface area contributed by atoms with E-state index in [2.05, 4.69) is 41.6 Å². The Morgan fingerprint density at radius 2 is 2.33 bits per heavy atom. The number of aromatic nitrogens is 1. The van der Waals surface area contributed by atoms with Gasteiger partial charge in [0, 0.05) is 30.7 Å². The maximum Gasteiger partial charge on any atom is 0.131 e. The molecule has 0 radical (unpaired) electrons. The summed E-state index contributed by atoms with van der Waals surface area (Å²) in [4.78, 5) is 8.68. The zero-order valence-electron chi connectivity index (χ0n) is 12.9. The molecule has 3 nitrogen and oxygen atoms in total. The number of nitrogens with zero attached hydrogens (tertiary/aromatic N) is 2. The molecule has 1 N–H and O–H groups in total. The summed E-state index contributed by atoms with van der Waals surface area (Å²) >= 11 is 1.89. The molecule has 2 aromatic rings. The molecule has 1 aliphatic rings. The number of thiophene rings is 1. The Kier molecular flexibility index (Phi) is 4.56. The average Bonchev–Trinajstić information content (AvgIpc) is 2.95. The first kappa shape index (κ1) is 14.5. The van der Waals surface area contributed by atoms with Crippen LogP contribution in [-0.2, 0) is 19.5 Å². The van der Waals surface area contributed by atoms with Gasteiger partial charge >= 0.3 is 0 Å². The Bertz CT molecular complexity index is 606. The molecule has 0 aliphatic carbocycles. The fourth-order valence-electron chi connectivity index (χ4n) is 2.89. The SMILES string of the molecule is CCCNCc1cnc(N2CCc3sccc3C2)c(C)c1. The molecule has 0 saturated heterocycles. The molecule has 2 aromatic heterocycles. The van der Waals surface area contributed by atoms with Gasteiger partial charge in [0.25, 0.3) is 0 Å². The highest BCUT2D eigenvalue weighted by Crippen LogP contribution is 2.28. The summed E-state index contributed by atoms with van der Waals surface area (Å²) in [6, 6.07) is 4.53. The summed E-state index contributed by atoms with van der Waals surface area (Å²) in [6.45, 7) is 8.42. The fraction of sp³-hybridized carbons (Fsp3) is 0.471. The minimum atomic E-state index is 0.913. The van der Waals surface area contributed by atoms with Crippen LogP contribution in [0.5, 0.6) is 0 Å². The molecule has 112 valence electrons. The van der Waals surface area contributed by atoms with E-state index in [9.17, 15) is 0 Å². The van der Waals surface area contributed by atoms with Gasteiger partial charge in [-0.25, -0.2) is 4.98 Å². The average molecular weight is 301 g/mol. The largest absolute Gasteiger partial charge is 0.352 e. The van der Waals surface area contributed by atoms with Crippen LogP contribution in [0.2, 0.25) is 0 Å². The van der Waals surface area contributed by atoms with Crippen molar-refractivity contribution < 1.29 is 0 Å². The van der Waals surface area contributed by atoms with E-state index in [1.807, 2.05) is 17.5 Å². The number of hydrogen-bond donors (Lipinski definition) is 1. The monoisotopic (exact) mass is 301 g/mol. The van der Waals surface area contributed by atoms with E-state index >= 15 is 0 Å². The van der Waals surface area contributed by atoms with Crippen molar-refractivity contribution in [3.63, 3.8) is 0 Å². The third-order valence-electron chi connectivity index (χ3n) is 3.97. The van der Waals surface area contributed by atoms with Crippen LogP contribution in [0.3, 0.4) is 0 Å². The lowest BCUT2D eigenvalue weighted by atomic mass is 10.1. The van der Waals surface area contributed by atoms with Gasteiger partial charge < -0.3 is 10.2 Å². The fourth-order valence-corrected chi connectivity index (χ4v) is 3.78. The minimum absolute atomic E-state index is 0.913. The second-order valence-electron chi connectivity index (χ2n) is 5.70. The van der Waals surface area contributed by atoms with Gasteiger partial charge in [-0.05, 0) is 60.5 Å². The van der Waals surface area contributed by atoms with Gasteiger partial charge in [0.15, 0.2) is 0 Å². The van der Waals surface area contributed by atoms with Crippen LogP contribution >= 0.6 is 11.3 Å². The molecule has 0 unspecified atom stereocenters. The van der Waals surface area contributed by atoms with Gasteiger partial charge in [-0.2, -0.15) is 0 Å². The lowest BCUT2D eigenvalue weighted by molar-refractivity contribution is 0.672. The van der Waals surface area contributed by atoms with E-state index < -0.39 is 0 Å². The van der Waals surface area contributed by atoms with Crippen LogP contribution in [-0.4, -0.2) is 18.1 Å². The molecule has 0 bridgehead atoms. The quantitative estimate of drug-likeness (QED) is 0.857. The Hall–Kier alpha value is -1.39. The highest BCUT2D eigenvalue weighted by molar-refractivity contribution is 7.10. The third-order valence-corrected chi connectivity index (χ3v) is 4.99. The molecule has 3 heterocycles. The zero-order valence-corrected chi connectivity index (χ0v) is 13.7. The molecule has 0 aromatic carbocycles. The van der Waals surface area contributed by atoms with Gasteiger partial charge in [-0.3, -0.25) is 0 Å². The molecule has 4 heteroatoms. The maximum absolute atomic E-state index is 4.73. The van der Waals surface area contributed by atoms with Crippen LogP contribution in [0.25, 0.3) is 0 Å². The smallest absolute Gasteiger partial charge is 0.131 e. The predicted octanol–water partition coefficient (Wildman–Crippen LogP) is 3.51. The molecule has 1 aliphatic heterocycles. The normalized spacial score (nSPS) is 14.3. The second kappa shape index (κ2) is 6.58. The molecular formula is C17H23N3S. The van der Waals surface area contributed by atoms with Crippen LogP contribution in [0.1, 0.15) is 34.9 Å². The van der Waals surface area contributed by atoms with Crippen molar-refractivity contribution in [2.45, 2.75) is 39.8 Å². The number of aryl methyl sites for hydroxylation is 1. The maximum atomic E-state index is 4.73. The number of hydrogen-bond acceptors (Lipinski definition) is 4. The number of nitrogens with one attached hydrogen (secondary N) is 1. The summed E-state index contributed by atoms with van der Waals surface area (Å²) in [5, 5.41) is 5.64. The van der Waals surface area contributed by atoms with E-state index in [0.717, 1.165) is 38.4 Å². The number of pyridine rings is 1. The van der Waals surface area contributed by atoms with Crippen molar-refractivity contribution in [1.82, 2.24) is 10.3 Å². The number of fused-ring (bicyclic) bond motifs is 1. The topological polar surface area (TPSA) is 28.2 Å². The molecule has 0 amide bonds. The molecule has 0 spiro atoms. The van der Waals surface area contributed by atoms with Crippen molar-refractivity contribution in [2.24, 2.45) is 0 Å². The summed E-state index contributed by atoms with van der Waals surface area (Å²) in [7, 11) is 0. The van der Waals surface area contributed by atoms with Gasteiger partial charge in [0.05, 0.1) is 0 Å². The van der Waals surface area contributed by atoms with Crippen molar-refractivity contribution in [3.05, 3.63) is 45.3 Å². The Labute approximate surface area is 131 Å².